The third-order valence-corrected chi connectivity index (χ3v) is 4.41. The van der Waals surface area contributed by atoms with E-state index in [-0.39, 0.29) is 11.9 Å². The van der Waals surface area contributed by atoms with Gasteiger partial charge in [0.15, 0.2) is 5.82 Å². The first kappa shape index (κ1) is 18.3. The van der Waals surface area contributed by atoms with Crippen LogP contribution < -0.4 is 0 Å². The molecule has 26 heavy (non-hydrogen) atoms. The minimum Gasteiger partial charge on any atom is -0.347 e. The van der Waals surface area contributed by atoms with Crippen LogP contribution in [0.2, 0.25) is 0 Å². The molecule has 0 spiro atoms. The number of likely N-dealkylation sites (N-methyl/N-ethyl adjacent to an activating group) is 1. The molecule has 0 N–H and O–H groups in total. The number of tetrazole rings is 1. The molecular formula is C16H19F3N6O. The van der Waals surface area contributed by atoms with E-state index in [0.29, 0.717) is 18.1 Å². The van der Waals surface area contributed by atoms with E-state index in [1.807, 2.05) is 4.90 Å². The molecule has 1 aromatic heterocycles. The van der Waals surface area contributed by atoms with E-state index in [2.05, 4.69) is 15.5 Å². The van der Waals surface area contributed by atoms with E-state index in [9.17, 15) is 18.0 Å². The number of carbonyl (C=O) groups excluding carboxylic acids is 1. The maximum absolute atomic E-state index is 12.7. The van der Waals surface area contributed by atoms with Crippen LogP contribution in [0.15, 0.2) is 24.3 Å². The number of likely N-dealkylation sites (tertiary alicyclic amines) is 1. The van der Waals surface area contributed by atoms with Gasteiger partial charge in [0.25, 0.3) is 0 Å². The van der Waals surface area contributed by atoms with E-state index >= 15 is 0 Å². The van der Waals surface area contributed by atoms with Crippen molar-refractivity contribution in [1.29, 1.82) is 0 Å². The van der Waals surface area contributed by atoms with Crippen molar-refractivity contribution in [2.24, 2.45) is 0 Å². The SMILES string of the molecule is CN(C)C(=O)[C@@H]1CCCN1Cc1nnnn1-c1ccc(C(F)(F)F)cc1. The molecule has 0 radical (unpaired) electrons. The Labute approximate surface area is 148 Å². The molecule has 7 nitrogen and oxygen atoms in total. The summed E-state index contributed by atoms with van der Waals surface area (Å²) in [6, 6.07) is 4.41. The van der Waals surface area contributed by atoms with Crippen molar-refractivity contribution in [3.8, 4) is 5.69 Å². The minimum atomic E-state index is -4.39. The summed E-state index contributed by atoms with van der Waals surface area (Å²) in [5, 5.41) is 11.5. The highest BCUT2D eigenvalue weighted by atomic mass is 19.4. The molecule has 0 saturated carbocycles. The molecule has 140 valence electrons. The summed E-state index contributed by atoms with van der Waals surface area (Å²) in [5.74, 6) is 0.499. The average molecular weight is 368 g/mol. The average Bonchev–Trinajstić information content (AvgIpc) is 3.23. The van der Waals surface area contributed by atoms with Gasteiger partial charge in [-0.05, 0) is 54.1 Å². The normalized spacial score (nSPS) is 18.3. The number of alkyl halides is 3. The number of hydrogen-bond acceptors (Lipinski definition) is 5. The second-order valence-electron chi connectivity index (χ2n) is 6.41. The first-order chi connectivity index (χ1) is 12.3. The molecule has 1 aliphatic rings. The van der Waals surface area contributed by atoms with E-state index in [1.165, 1.54) is 16.8 Å². The van der Waals surface area contributed by atoms with Gasteiger partial charge in [-0.2, -0.15) is 17.9 Å². The summed E-state index contributed by atoms with van der Waals surface area (Å²) in [7, 11) is 3.43. The summed E-state index contributed by atoms with van der Waals surface area (Å²) in [4.78, 5) is 15.8. The Morgan fingerprint density at radius 1 is 1.27 bits per heavy atom. The summed E-state index contributed by atoms with van der Waals surface area (Å²) in [6.45, 7) is 1.09. The molecule has 1 aliphatic heterocycles. The maximum atomic E-state index is 12.7. The number of rotatable bonds is 4. The highest BCUT2D eigenvalue weighted by Gasteiger charge is 2.33. The predicted molar refractivity (Wildman–Crippen MR) is 86.3 cm³/mol. The summed E-state index contributed by atoms with van der Waals surface area (Å²) in [6.07, 6.45) is -2.73. The highest BCUT2D eigenvalue weighted by Crippen LogP contribution is 2.29. The van der Waals surface area contributed by atoms with E-state index in [1.54, 1.807) is 19.0 Å². The van der Waals surface area contributed by atoms with Crippen LogP contribution in [0.3, 0.4) is 0 Å². The number of amides is 1. The Morgan fingerprint density at radius 3 is 2.58 bits per heavy atom. The molecule has 1 saturated heterocycles. The number of benzene rings is 1. The van der Waals surface area contributed by atoms with Gasteiger partial charge in [-0.25, -0.2) is 0 Å². The maximum Gasteiger partial charge on any atom is 0.416 e. The van der Waals surface area contributed by atoms with Crippen LogP contribution in [0.4, 0.5) is 13.2 Å². The van der Waals surface area contributed by atoms with Crippen LogP contribution in [-0.4, -0.2) is 62.6 Å². The fourth-order valence-electron chi connectivity index (χ4n) is 3.07. The summed E-state index contributed by atoms with van der Waals surface area (Å²) < 4.78 is 39.5. The number of halogens is 3. The molecule has 2 heterocycles. The highest BCUT2D eigenvalue weighted by molar-refractivity contribution is 5.81. The third kappa shape index (κ3) is 3.69. The van der Waals surface area contributed by atoms with Crippen LogP contribution in [0, 0.1) is 0 Å². The molecule has 0 bridgehead atoms. The lowest BCUT2D eigenvalue weighted by Gasteiger charge is -2.25. The van der Waals surface area contributed by atoms with Crippen molar-refractivity contribution in [3.63, 3.8) is 0 Å². The monoisotopic (exact) mass is 368 g/mol. The second-order valence-corrected chi connectivity index (χ2v) is 6.41. The molecular weight excluding hydrogens is 349 g/mol. The first-order valence-electron chi connectivity index (χ1n) is 8.17. The number of carbonyl (C=O) groups is 1. The largest absolute Gasteiger partial charge is 0.416 e. The van der Waals surface area contributed by atoms with E-state index < -0.39 is 11.7 Å². The lowest BCUT2D eigenvalue weighted by molar-refractivity contribution is -0.137. The number of aromatic nitrogens is 4. The Bertz CT molecular complexity index is 771. The van der Waals surface area contributed by atoms with Gasteiger partial charge in [-0.15, -0.1) is 5.10 Å². The lowest BCUT2D eigenvalue weighted by atomic mass is 10.2. The van der Waals surface area contributed by atoms with E-state index in [4.69, 9.17) is 0 Å². The standard InChI is InChI=1S/C16H19F3N6O/c1-23(2)15(26)13-4-3-9-24(13)10-14-20-21-22-25(14)12-7-5-11(6-8-12)16(17,18)19/h5-8,13H,3-4,9-10H2,1-2H3/t13-/m0/s1. The smallest absolute Gasteiger partial charge is 0.347 e. The lowest BCUT2D eigenvalue weighted by Crippen LogP contribution is -2.42. The van der Waals surface area contributed by atoms with Crippen molar-refractivity contribution in [2.45, 2.75) is 31.6 Å². The van der Waals surface area contributed by atoms with Crippen LogP contribution in [0.25, 0.3) is 5.69 Å². The Hall–Kier alpha value is -2.49. The van der Waals surface area contributed by atoms with Gasteiger partial charge in [0.2, 0.25) is 5.91 Å². The third-order valence-electron chi connectivity index (χ3n) is 4.41. The molecule has 10 heteroatoms. The van der Waals surface area contributed by atoms with Gasteiger partial charge in [0.05, 0.1) is 23.8 Å². The van der Waals surface area contributed by atoms with Gasteiger partial charge in [0.1, 0.15) is 0 Å². The molecule has 1 aromatic carbocycles. The zero-order valence-corrected chi connectivity index (χ0v) is 14.4. The van der Waals surface area contributed by atoms with Gasteiger partial charge < -0.3 is 4.90 Å². The Kier molecular flexibility index (Phi) is 4.94. The molecule has 0 aliphatic carbocycles. The number of hydrogen-bond donors (Lipinski definition) is 0. The molecule has 2 aromatic rings. The fourth-order valence-corrected chi connectivity index (χ4v) is 3.07. The second kappa shape index (κ2) is 7.02. The topological polar surface area (TPSA) is 67.2 Å². The van der Waals surface area contributed by atoms with Crippen molar-refractivity contribution >= 4 is 5.91 Å². The fraction of sp³-hybridized carbons (Fsp3) is 0.500. The Balaban J connectivity index is 1.80. The molecule has 3 rings (SSSR count). The molecule has 1 amide bonds. The van der Waals surface area contributed by atoms with Gasteiger partial charge >= 0.3 is 6.18 Å². The van der Waals surface area contributed by atoms with Gasteiger partial charge in [-0.1, -0.05) is 0 Å². The quantitative estimate of drug-likeness (QED) is 0.822. The zero-order chi connectivity index (χ0) is 18.9. The van der Waals surface area contributed by atoms with Crippen LogP contribution >= 0.6 is 0 Å². The first-order valence-corrected chi connectivity index (χ1v) is 8.17. The van der Waals surface area contributed by atoms with Crippen molar-refractivity contribution in [2.75, 3.05) is 20.6 Å². The summed E-state index contributed by atoms with van der Waals surface area (Å²) in [5.41, 5.74) is -0.292. The Morgan fingerprint density at radius 2 is 1.96 bits per heavy atom. The van der Waals surface area contributed by atoms with Crippen LogP contribution in [0.1, 0.15) is 24.2 Å². The molecule has 1 fully saturated rings. The van der Waals surface area contributed by atoms with Gasteiger partial charge in [-0.3, -0.25) is 9.69 Å². The van der Waals surface area contributed by atoms with Gasteiger partial charge in [0, 0.05) is 14.1 Å². The van der Waals surface area contributed by atoms with E-state index in [0.717, 1.165) is 31.5 Å². The minimum absolute atomic E-state index is 0.0241. The predicted octanol–water partition coefficient (Wildman–Crippen LogP) is 1.73. The van der Waals surface area contributed by atoms with Crippen LogP contribution in [0.5, 0.6) is 0 Å². The van der Waals surface area contributed by atoms with Crippen molar-refractivity contribution in [3.05, 3.63) is 35.7 Å². The number of nitrogens with zero attached hydrogens (tertiary/aromatic N) is 6. The van der Waals surface area contributed by atoms with Crippen LogP contribution in [-0.2, 0) is 17.5 Å². The van der Waals surface area contributed by atoms with Crippen molar-refractivity contribution in [1.82, 2.24) is 30.0 Å². The molecule has 1 atom stereocenters. The summed E-state index contributed by atoms with van der Waals surface area (Å²) >= 11 is 0. The molecule has 0 unspecified atom stereocenters. The van der Waals surface area contributed by atoms with Crippen molar-refractivity contribution < 1.29 is 18.0 Å². The zero-order valence-electron chi connectivity index (χ0n) is 14.4.